The van der Waals surface area contributed by atoms with Gasteiger partial charge in [-0.25, -0.2) is 9.97 Å². The highest BCUT2D eigenvalue weighted by atomic mass is 32.1. The Morgan fingerprint density at radius 3 is 2.87 bits per heavy atom. The number of benzene rings is 1. The monoisotopic (exact) mass is 451 g/mol. The van der Waals surface area contributed by atoms with Gasteiger partial charge in [-0.2, -0.15) is 0 Å². The molecule has 0 spiro atoms. The lowest BCUT2D eigenvalue weighted by atomic mass is 9.95. The van der Waals surface area contributed by atoms with E-state index in [1.807, 2.05) is 0 Å². The summed E-state index contributed by atoms with van der Waals surface area (Å²) in [6.07, 6.45) is 4.24. The average molecular weight is 452 g/mol. The largest absolute Gasteiger partial charge is 0.397 e. The number of nitrogen functional groups attached to an aromatic ring is 1. The fourth-order valence-corrected chi connectivity index (χ4v) is 5.43. The van der Waals surface area contributed by atoms with Gasteiger partial charge in [-0.1, -0.05) is 12.1 Å². The van der Waals surface area contributed by atoms with Crippen LogP contribution in [0.2, 0.25) is 0 Å². The number of anilines is 2. The van der Waals surface area contributed by atoms with Crippen LogP contribution in [0.4, 0.5) is 16.5 Å². The number of fused-ring (bicyclic) bond motifs is 2. The van der Waals surface area contributed by atoms with Crippen LogP contribution in [0.25, 0.3) is 21.5 Å². The van der Waals surface area contributed by atoms with Gasteiger partial charge >= 0.3 is 0 Å². The quantitative estimate of drug-likeness (QED) is 0.331. The Morgan fingerprint density at radius 1 is 1.19 bits per heavy atom. The number of nitrogens with zero attached hydrogens (tertiary/aromatic N) is 3. The van der Waals surface area contributed by atoms with Crippen molar-refractivity contribution in [3.05, 3.63) is 62.0 Å². The molecule has 0 radical (unpaired) electrons. The molecule has 1 aromatic carbocycles. The van der Waals surface area contributed by atoms with E-state index < -0.39 is 4.92 Å². The number of pyridine rings is 1. The van der Waals surface area contributed by atoms with Crippen LogP contribution in [-0.4, -0.2) is 20.8 Å². The predicted octanol–water partition coefficient (Wildman–Crippen LogP) is 5.04. The first-order valence-corrected chi connectivity index (χ1v) is 11.4. The zero-order chi connectivity index (χ0) is 21.5. The molecule has 8 nitrogen and oxygen atoms in total. The van der Waals surface area contributed by atoms with Gasteiger partial charge in [0.15, 0.2) is 5.13 Å². The maximum absolute atomic E-state index is 12.9. The lowest BCUT2D eigenvalue weighted by Gasteiger charge is -2.14. The van der Waals surface area contributed by atoms with Crippen molar-refractivity contribution in [2.45, 2.75) is 25.7 Å². The minimum Gasteiger partial charge on any atom is -0.397 e. The van der Waals surface area contributed by atoms with Gasteiger partial charge < -0.3 is 5.73 Å². The summed E-state index contributed by atoms with van der Waals surface area (Å²) in [6.45, 7) is 0. The Hall–Kier alpha value is -3.37. The zero-order valence-electron chi connectivity index (χ0n) is 16.3. The Kier molecular flexibility index (Phi) is 4.87. The molecule has 3 N–H and O–H groups in total. The molecule has 4 aromatic rings. The molecule has 0 bridgehead atoms. The van der Waals surface area contributed by atoms with E-state index in [-0.39, 0.29) is 11.6 Å². The minimum atomic E-state index is -0.450. The van der Waals surface area contributed by atoms with Crippen LogP contribution in [0.15, 0.2) is 35.7 Å². The Balaban J connectivity index is 1.41. The second-order valence-corrected chi connectivity index (χ2v) is 9.16. The number of thiophene rings is 1. The zero-order valence-corrected chi connectivity index (χ0v) is 17.9. The third-order valence-corrected chi connectivity index (χ3v) is 7.15. The number of hydrogen-bond acceptors (Lipinski definition) is 8. The number of nitrogens with two attached hydrogens (primary N) is 1. The lowest BCUT2D eigenvalue weighted by Crippen LogP contribution is -2.11. The summed E-state index contributed by atoms with van der Waals surface area (Å²) >= 11 is 2.54. The van der Waals surface area contributed by atoms with E-state index in [0.29, 0.717) is 27.0 Å². The van der Waals surface area contributed by atoms with Crippen LogP contribution in [0.1, 0.15) is 33.8 Å². The van der Waals surface area contributed by atoms with Crippen LogP contribution in [0.3, 0.4) is 0 Å². The SMILES string of the molecule is Nc1c(C(=O)Nc2nc(-c3cccc([N+](=O)[O-])c3)cs2)sc2nc3c(cc12)CCCC3. The van der Waals surface area contributed by atoms with E-state index in [0.717, 1.165) is 41.6 Å². The molecular weight excluding hydrogens is 434 g/mol. The maximum atomic E-state index is 12.9. The van der Waals surface area contributed by atoms with Crippen molar-refractivity contribution in [2.75, 3.05) is 11.1 Å². The number of aromatic nitrogens is 2. The topological polar surface area (TPSA) is 124 Å². The molecule has 0 fully saturated rings. The van der Waals surface area contributed by atoms with Crippen molar-refractivity contribution in [3.63, 3.8) is 0 Å². The van der Waals surface area contributed by atoms with E-state index in [9.17, 15) is 14.9 Å². The van der Waals surface area contributed by atoms with E-state index in [1.54, 1.807) is 17.5 Å². The van der Waals surface area contributed by atoms with Crippen molar-refractivity contribution in [1.29, 1.82) is 0 Å². The third kappa shape index (κ3) is 3.64. The normalized spacial score (nSPS) is 13.2. The third-order valence-electron chi connectivity index (χ3n) is 5.28. The van der Waals surface area contributed by atoms with Gasteiger partial charge in [-0.05, 0) is 37.3 Å². The number of carbonyl (C=O) groups is 1. The van der Waals surface area contributed by atoms with Crippen LogP contribution in [-0.2, 0) is 12.8 Å². The van der Waals surface area contributed by atoms with Gasteiger partial charge in [0.1, 0.15) is 9.71 Å². The number of aryl methyl sites for hydroxylation is 2. The summed E-state index contributed by atoms with van der Waals surface area (Å²) in [6, 6.07) is 8.30. The van der Waals surface area contributed by atoms with Crippen molar-refractivity contribution < 1.29 is 9.72 Å². The number of hydrogen-bond donors (Lipinski definition) is 2. The molecule has 0 saturated carbocycles. The smallest absolute Gasteiger partial charge is 0.270 e. The molecule has 10 heteroatoms. The molecule has 3 heterocycles. The van der Waals surface area contributed by atoms with Gasteiger partial charge in [0.05, 0.1) is 16.3 Å². The second-order valence-electron chi connectivity index (χ2n) is 7.30. The van der Waals surface area contributed by atoms with Gasteiger partial charge in [-0.15, -0.1) is 22.7 Å². The first kappa shape index (κ1) is 19.6. The van der Waals surface area contributed by atoms with Crippen molar-refractivity contribution in [3.8, 4) is 11.3 Å². The number of thiazole rings is 1. The molecule has 3 aromatic heterocycles. The van der Waals surface area contributed by atoms with E-state index in [4.69, 9.17) is 10.7 Å². The Morgan fingerprint density at radius 2 is 2.03 bits per heavy atom. The van der Waals surface area contributed by atoms with Crippen molar-refractivity contribution in [1.82, 2.24) is 9.97 Å². The number of non-ortho nitro benzene ring substituents is 1. The molecule has 156 valence electrons. The summed E-state index contributed by atoms with van der Waals surface area (Å²) in [4.78, 5) is 33.8. The van der Waals surface area contributed by atoms with Crippen LogP contribution < -0.4 is 11.1 Å². The van der Waals surface area contributed by atoms with E-state index in [2.05, 4.69) is 16.4 Å². The highest BCUT2D eigenvalue weighted by Gasteiger charge is 2.21. The maximum Gasteiger partial charge on any atom is 0.270 e. The van der Waals surface area contributed by atoms with E-state index >= 15 is 0 Å². The fraction of sp³-hybridized carbons (Fsp3) is 0.190. The number of nitro groups is 1. The molecule has 0 atom stereocenters. The molecule has 1 aliphatic carbocycles. The van der Waals surface area contributed by atoms with Gasteiger partial charge in [0.2, 0.25) is 0 Å². The summed E-state index contributed by atoms with van der Waals surface area (Å²) < 4.78 is 0. The minimum absolute atomic E-state index is 0.00988. The first-order valence-electron chi connectivity index (χ1n) is 9.72. The second kappa shape index (κ2) is 7.71. The number of nitrogens with one attached hydrogen (secondary N) is 1. The fourth-order valence-electron chi connectivity index (χ4n) is 3.72. The predicted molar refractivity (Wildman–Crippen MR) is 123 cm³/mol. The Bertz CT molecular complexity index is 1340. The molecule has 5 rings (SSSR count). The van der Waals surface area contributed by atoms with Crippen LogP contribution in [0.5, 0.6) is 0 Å². The summed E-state index contributed by atoms with van der Waals surface area (Å²) in [5.41, 5.74) is 10.2. The first-order chi connectivity index (χ1) is 15.0. The highest BCUT2D eigenvalue weighted by molar-refractivity contribution is 7.21. The molecule has 1 aliphatic rings. The summed E-state index contributed by atoms with van der Waals surface area (Å²) in [5.74, 6) is -0.335. The average Bonchev–Trinajstić information content (AvgIpc) is 3.37. The number of carbonyl (C=O) groups excluding carboxylic acids is 1. The van der Waals surface area contributed by atoms with Gasteiger partial charge in [-0.3, -0.25) is 20.2 Å². The number of nitro benzene ring substituents is 1. The highest BCUT2D eigenvalue weighted by Crippen LogP contribution is 2.36. The Labute approximate surface area is 184 Å². The summed E-state index contributed by atoms with van der Waals surface area (Å²) in [7, 11) is 0. The molecule has 31 heavy (non-hydrogen) atoms. The number of amides is 1. The van der Waals surface area contributed by atoms with E-state index in [1.165, 1.54) is 40.4 Å². The van der Waals surface area contributed by atoms with Crippen molar-refractivity contribution >= 4 is 55.3 Å². The molecule has 1 amide bonds. The molecule has 0 saturated heterocycles. The molecular formula is C21H17N5O3S2. The summed E-state index contributed by atoms with van der Waals surface area (Å²) in [5, 5.41) is 16.8. The van der Waals surface area contributed by atoms with Gasteiger partial charge in [0, 0.05) is 34.2 Å². The number of rotatable bonds is 4. The molecule has 0 unspecified atom stereocenters. The van der Waals surface area contributed by atoms with Crippen LogP contribution in [0, 0.1) is 10.1 Å². The standard InChI is InChI=1S/C21H17N5O3S2/c22-17-14-9-12-4-1-2-7-15(12)23-20(14)31-18(17)19(27)25-21-24-16(10-30-21)11-5-3-6-13(8-11)26(28)29/h3,5-6,8-10H,1-2,4,7,22H2,(H,24,25,27). The lowest BCUT2D eigenvalue weighted by molar-refractivity contribution is -0.384. The van der Waals surface area contributed by atoms with Crippen molar-refractivity contribution in [2.24, 2.45) is 0 Å². The van der Waals surface area contributed by atoms with Gasteiger partial charge in [0.25, 0.3) is 11.6 Å². The molecule has 0 aliphatic heterocycles. The van der Waals surface area contributed by atoms with Crippen LogP contribution >= 0.6 is 22.7 Å².